The van der Waals surface area contributed by atoms with Gasteiger partial charge in [-0.25, -0.2) is 0 Å². The van der Waals surface area contributed by atoms with Crippen LogP contribution in [0.5, 0.6) is 0 Å². The largest absolute Gasteiger partial charge is 0.341 e. The highest BCUT2D eigenvalue weighted by Gasteiger charge is 2.21. The zero-order chi connectivity index (χ0) is 13.1. The highest BCUT2D eigenvalue weighted by atomic mass is 79.9. The van der Waals surface area contributed by atoms with E-state index in [9.17, 15) is 4.79 Å². The topological polar surface area (TPSA) is 20.3 Å². The summed E-state index contributed by atoms with van der Waals surface area (Å²) in [6.45, 7) is 5.95. The van der Waals surface area contributed by atoms with Gasteiger partial charge in [0.15, 0.2) is 0 Å². The molecule has 1 aromatic carbocycles. The van der Waals surface area contributed by atoms with Crippen molar-refractivity contribution in [3.8, 4) is 0 Å². The van der Waals surface area contributed by atoms with Crippen LogP contribution in [0.1, 0.15) is 29.5 Å². The fourth-order valence-electron chi connectivity index (χ4n) is 2.35. The SMILES string of the molecule is Cc1ccc(CC(=O)N2CCCC(Br)C2)cc1C. The van der Waals surface area contributed by atoms with Gasteiger partial charge in [-0.2, -0.15) is 0 Å². The molecule has 1 unspecified atom stereocenters. The van der Waals surface area contributed by atoms with Crippen LogP contribution in [-0.2, 0) is 11.2 Å². The molecular weight excluding hydrogens is 290 g/mol. The van der Waals surface area contributed by atoms with Crippen LogP contribution in [0.3, 0.4) is 0 Å². The minimum atomic E-state index is 0.252. The number of hydrogen-bond donors (Lipinski definition) is 0. The molecular formula is C15H20BrNO. The van der Waals surface area contributed by atoms with Crippen molar-refractivity contribution in [1.82, 2.24) is 4.90 Å². The summed E-state index contributed by atoms with van der Waals surface area (Å²) in [5.74, 6) is 0.252. The minimum Gasteiger partial charge on any atom is -0.341 e. The van der Waals surface area contributed by atoms with Crippen LogP contribution in [0.25, 0.3) is 0 Å². The van der Waals surface area contributed by atoms with Gasteiger partial charge in [0, 0.05) is 17.9 Å². The van der Waals surface area contributed by atoms with Crippen molar-refractivity contribution in [3.63, 3.8) is 0 Å². The number of piperidine rings is 1. The molecule has 1 aliphatic rings. The summed E-state index contributed by atoms with van der Waals surface area (Å²) in [5.41, 5.74) is 3.67. The fraction of sp³-hybridized carbons (Fsp3) is 0.533. The summed E-state index contributed by atoms with van der Waals surface area (Å²) in [4.78, 5) is 14.7. The van der Waals surface area contributed by atoms with Crippen LogP contribution in [-0.4, -0.2) is 28.7 Å². The number of aryl methyl sites for hydroxylation is 2. The van der Waals surface area contributed by atoms with E-state index in [1.807, 2.05) is 4.90 Å². The zero-order valence-electron chi connectivity index (χ0n) is 11.1. The molecule has 0 bridgehead atoms. The van der Waals surface area contributed by atoms with Gasteiger partial charge in [0.2, 0.25) is 5.91 Å². The van der Waals surface area contributed by atoms with E-state index in [2.05, 4.69) is 48.0 Å². The number of carbonyl (C=O) groups is 1. The molecule has 1 amide bonds. The Morgan fingerprint density at radius 1 is 1.39 bits per heavy atom. The third-order valence-electron chi connectivity index (χ3n) is 3.64. The van der Waals surface area contributed by atoms with E-state index in [4.69, 9.17) is 0 Å². The molecule has 2 rings (SSSR count). The van der Waals surface area contributed by atoms with Gasteiger partial charge in [0.1, 0.15) is 0 Å². The maximum Gasteiger partial charge on any atom is 0.227 e. The Hall–Kier alpha value is -0.830. The highest BCUT2D eigenvalue weighted by molar-refractivity contribution is 9.09. The van der Waals surface area contributed by atoms with E-state index in [0.717, 1.165) is 25.1 Å². The monoisotopic (exact) mass is 309 g/mol. The van der Waals surface area contributed by atoms with Gasteiger partial charge in [-0.05, 0) is 43.4 Å². The molecule has 0 spiro atoms. The standard InChI is InChI=1S/C15H20BrNO/c1-11-5-6-13(8-12(11)2)9-15(18)17-7-3-4-14(16)10-17/h5-6,8,14H,3-4,7,9-10H2,1-2H3. The van der Waals surface area contributed by atoms with Crippen LogP contribution in [0.4, 0.5) is 0 Å². The first-order valence-electron chi connectivity index (χ1n) is 6.54. The molecule has 3 heteroatoms. The molecule has 2 nitrogen and oxygen atoms in total. The van der Waals surface area contributed by atoms with E-state index in [0.29, 0.717) is 11.2 Å². The Labute approximate surface area is 117 Å². The van der Waals surface area contributed by atoms with Crippen molar-refractivity contribution >= 4 is 21.8 Å². The van der Waals surface area contributed by atoms with E-state index in [1.54, 1.807) is 0 Å². The molecule has 1 atom stereocenters. The van der Waals surface area contributed by atoms with E-state index in [-0.39, 0.29) is 5.91 Å². The summed E-state index contributed by atoms with van der Waals surface area (Å²) in [6.07, 6.45) is 2.81. The van der Waals surface area contributed by atoms with Crippen molar-refractivity contribution in [3.05, 3.63) is 34.9 Å². The smallest absolute Gasteiger partial charge is 0.227 e. The average molecular weight is 310 g/mol. The maximum absolute atomic E-state index is 12.2. The fourth-order valence-corrected chi connectivity index (χ4v) is 3.03. The number of amides is 1. The van der Waals surface area contributed by atoms with Crippen molar-refractivity contribution < 1.29 is 4.79 Å². The van der Waals surface area contributed by atoms with Gasteiger partial charge in [-0.3, -0.25) is 4.79 Å². The summed E-state index contributed by atoms with van der Waals surface area (Å²) in [5, 5.41) is 0. The number of carbonyl (C=O) groups excluding carboxylic acids is 1. The predicted octanol–water partition coefficient (Wildman–Crippen LogP) is 3.23. The van der Waals surface area contributed by atoms with Crippen molar-refractivity contribution in [2.24, 2.45) is 0 Å². The molecule has 1 aromatic rings. The predicted molar refractivity (Wildman–Crippen MR) is 78.1 cm³/mol. The summed E-state index contributed by atoms with van der Waals surface area (Å²) >= 11 is 3.61. The maximum atomic E-state index is 12.2. The Bertz CT molecular complexity index is 444. The second kappa shape index (κ2) is 5.87. The molecule has 1 fully saturated rings. The molecule has 0 aromatic heterocycles. The normalized spacial score (nSPS) is 19.9. The van der Waals surface area contributed by atoms with Crippen LogP contribution < -0.4 is 0 Å². The van der Waals surface area contributed by atoms with E-state index < -0.39 is 0 Å². The quantitative estimate of drug-likeness (QED) is 0.768. The number of halogens is 1. The molecule has 0 aliphatic carbocycles. The third kappa shape index (κ3) is 3.35. The lowest BCUT2D eigenvalue weighted by Crippen LogP contribution is -2.41. The lowest BCUT2D eigenvalue weighted by atomic mass is 10.0. The molecule has 1 aliphatic heterocycles. The number of alkyl halides is 1. The van der Waals surface area contributed by atoms with Crippen LogP contribution in [0.15, 0.2) is 18.2 Å². The number of rotatable bonds is 2. The second-order valence-electron chi connectivity index (χ2n) is 5.17. The number of likely N-dealkylation sites (tertiary alicyclic amines) is 1. The Balaban J connectivity index is 2.00. The number of nitrogens with zero attached hydrogens (tertiary/aromatic N) is 1. The molecule has 18 heavy (non-hydrogen) atoms. The van der Waals surface area contributed by atoms with Crippen molar-refractivity contribution in [1.29, 1.82) is 0 Å². The Morgan fingerprint density at radius 2 is 2.17 bits per heavy atom. The lowest BCUT2D eigenvalue weighted by molar-refractivity contribution is -0.131. The van der Waals surface area contributed by atoms with Gasteiger partial charge in [0.25, 0.3) is 0 Å². The van der Waals surface area contributed by atoms with Crippen LogP contribution >= 0.6 is 15.9 Å². The number of hydrogen-bond acceptors (Lipinski definition) is 1. The van der Waals surface area contributed by atoms with Crippen LogP contribution in [0, 0.1) is 13.8 Å². The second-order valence-corrected chi connectivity index (χ2v) is 6.47. The molecule has 0 N–H and O–H groups in total. The minimum absolute atomic E-state index is 0.252. The lowest BCUT2D eigenvalue weighted by Gasteiger charge is -2.30. The first kappa shape index (κ1) is 13.6. The summed E-state index contributed by atoms with van der Waals surface area (Å²) < 4.78 is 0. The molecule has 0 radical (unpaired) electrons. The van der Waals surface area contributed by atoms with Gasteiger partial charge < -0.3 is 4.90 Å². The van der Waals surface area contributed by atoms with E-state index >= 15 is 0 Å². The Kier molecular flexibility index (Phi) is 4.44. The average Bonchev–Trinajstić information content (AvgIpc) is 2.34. The number of benzene rings is 1. The zero-order valence-corrected chi connectivity index (χ0v) is 12.7. The first-order chi connectivity index (χ1) is 8.56. The molecule has 1 heterocycles. The summed E-state index contributed by atoms with van der Waals surface area (Å²) in [6, 6.07) is 6.29. The third-order valence-corrected chi connectivity index (χ3v) is 4.39. The Morgan fingerprint density at radius 3 is 2.83 bits per heavy atom. The van der Waals surface area contributed by atoms with Crippen molar-refractivity contribution in [2.75, 3.05) is 13.1 Å². The van der Waals surface area contributed by atoms with E-state index in [1.165, 1.54) is 17.5 Å². The van der Waals surface area contributed by atoms with Gasteiger partial charge >= 0.3 is 0 Å². The van der Waals surface area contributed by atoms with Gasteiger partial charge in [-0.15, -0.1) is 0 Å². The molecule has 1 saturated heterocycles. The van der Waals surface area contributed by atoms with Crippen LogP contribution in [0.2, 0.25) is 0 Å². The molecule has 0 saturated carbocycles. The van der Waals surface area contributed by atoms with Gasteiger partial charge in [-0.1, -0.05) is 34.1 Å². The van der Waals surface area contributed by atoms with Gasteiger partial charge in [0.05, 0.1) is 6.42 Å². The summed E-state index contributed by atoms with van der Waals surface area (Å²) in [7, 11) is 0. The highest BCUT2D eigenvalue weighted by Crippen LogP contribution is 2.18. The first-order valence-corrected chi connectivity index (χ1v) is 7.46. The molecule has 98 valence electrons. The van der Waals surface area contributed by atoms with Crippen molar-refractivity contribution in [2.45, 2.75) is 37.9 Å².